The summed E-state index contributed by atoms with van der Waals surface area (Å²) in [7, 11) is 1.65. The fourth-order valence-electron chi connectivity index (χ4n) is 4.20. The molecule has 1 heterocycles. The molecular formula is C28H33NO5. The van der Waals surface area contributed by atoms with Gasteiger partial charge in [-0.1, -0.05) is 56.0 Å². The summed E-state index contributed by atoms with van der Waals surface area (Å²) < 4.78 is 11.0. The third-order valence-electron chi connectivity index (χ3n) is 6.04. The number of allylic oxidation sites excluding steroid dienone is 1. The number of fused-ring (bicyclic) bond motifs is 1. The third-order valence-corrected chi connectivity index (χ3v) is 6.04. The van der Waals surface area contributed by atoms with Crippen LogP contribution in [0.15, 0.2) is 49.1 Å². The van der Waals surface area contributed by atoms with Crippen molar-refractivity contribution in [2.45, 2.75) is 64.4 Å². The number of ether oxygens (including phenoxy) is 2. The zero-order valence-electron chi connectivity index (χ0n) is 19.9. The van der Waals surface area contributed by atoms with Gasteiger partial charge >= 0.3 is 5.97 Å². The monoisotopic (exact) mass is 463 g/mol. The molecule has 0 aromatic heterocycles. The molecule has 180 valence electrons. The molecule has 0 fully saturated rings. The first-order valence-corrected chi connectivity index (χ1v) is 11.9. The van der Waals surface area contributed by atoms with Gasteiger partial charge in [0.25, 0.3) is 11.8 Å². The number of amides is 2. The van der Waals surface area contributed by atoms with Gasteiger partial charge in [0.15, 0.2) is 0 Å². The lowest BCUT2D eigenvalue weighted by Gasteiger charge is -2.12. The molecule has 6 nitrogen and oxygen atoms in total. The van der Waals surface area contributed by atoms with Gasteiger partial charge in [-0.15, -0.1) is 6.58 Å². The highest BCUT2D eigenvalue weighted by atomic mass is 16.5. The van der Waals surface area contributed by atoms with E-state index in [1.807, 2.05) is 24.3 Å². The molecule has 1 N–H and O–H groups in total. The molecule has 0 atom stereocenters. The largest absolute Gasteiger partial charge is 0.496 e. The second kappa shape index (κ2) is 12.7. The van der Waals surface area contributed by atoms with E-state index in [0.717, 1.165) is 36.1 Å². The molecule has 2 aromatic carbocycles. The van der Waals surface area contributed by atoms with Gasteiger partial charge in [-0.05, 0) is 54.5 Å². The Morgan fingerprint density at radius 1 is 0.971 bits per heavy atom. The molecule has 0 aliphatic carbocycles. The summed E-state index contributed by atoms with van der Waals surface area (Å²) in [6.07, 6.45) is 11.3. The van der Waals surface area contributed by atoms with Crippen LogP contribution in [-0.2, 0) is 29.0 Å². The molecule has 2 aromatic rings. The summed E-state index contributed by atoms with van der Waals surface area (Å²) in [6.45, 7) is 3.87. The van der Waals surface area contributed by atoms with Crippen LogP contribution in [0.2, 0.25) is 0 Å². The lowest BCUT2D eigenvalue weighted by Crippen LogP contribution is -2.20. The van der Waals surface area contributed by atoms with Crippen LogP contribution in [0.25, 0.3) is 0 Å². The Kier molecular flexibility index (Phi) is 9.44. The highest BCUT2D eigenvalue weighted by Crippen LogP contribution is 2.24. The Morgan fingerprint density at radius 3 is 2.50 bits per heavy atom. The predicted octanol–water partition coefficient (Wildman–Crippen LogP) is 5.32. The van der Waals surface area contributed by atoms with E-state index in [1.165, 1.54) is 32.1 Å². The first-order chi connectivity index (χ1) is 16.5. The smallest absolute Gasteiger partial charge is 0.310 e. The summed E-state index contributed by atoms with van der Waals surface area (Å²) in [5.41, 5.74) is 3.03. The lowest BCUT2D eigenvalue weighted by atomic mass is 10.0. The molecule has 0 saturated carbocycles. The molecule has 0 bridgehead atoms. The first kappa shape index (κ1) is 25.2. The van der Waals surface area contributed by atoms with Crippen molar-refractivity contribution in [3.63, 3.8) is 0 Å². The van der Waals surface area contributed by atoms with Crippen molar-refractivity contribution in [1.82, 2.24) is 5.32 Å². The number of esters is 1. The maximum atomic E-state index is 12.4. The number of benzene rings is 2. The zero-order chi connectivity index (χ0) is 24.3. The molecule has 1 aliphatic rings. The molecule has 2 amide bonds. The van der Waals surface area contributed by atoms with Gasteiger partial charge in [0, 0.05) is 0 Å². The Hall–Kier alpha value is -3.41. The van der Waals surface area contributed by atoms with Crippen molar-refractivity contribution >= 4 is 17.8 Å². The van der Waals surface area contributed by atoms with Crippen molar-refractivity contribution in [3.8, 4) is 5.75 Å². The molecule has 0 spiro atoms. The average molecular weight is 464 g/mol. The van der Waals surface area contributed by atoms with Crippen LogP contribution >= 0.6 is 0 Å². The molecule has 0 saturated heterocycles. The summed E-state index contributed by atoms with van der Waals surface area (Å²) in [6, 6.07) is 10.8. The standard InChI is InChI=1S/C28H33NO5/c1-3-4-5-6-7-8-9-10-12-21-16-15-20(17-24(21)33-2)19-34-25(30)18-22-13-11-14-23-26(22)28(32)29-27(23)31/h3,11,13-17H,1,4-10,12,18-19H2,2H3,(H,29,31,32). The van der Waals surface area contributed by atoms with Crippen LogP contribution in [0.5, 0.6) is 5.75 Å². The summed E-state index contributed by atoms with van der Waals surface area (Å²) in [5.74, 6) is -0.574. The minimum Gasteiger partial charge on any atom is -0.496 e. The van der Waals surface area contributed by atoms with Crippen LogP contribution in [-0.4, -0.2) is 24.9 Å². The number of unbranched alkanes of at least 4 members (excludes halogenated alkanes) is 6. The van der Waals surface area contributed by atoms with E-state index in [9.17, 15) is 14.4 Å². The van der Waals surface area contributed by atoms with Crippen molar-refractivity contribution in [3.05, 3.63) is 76.9 Å². The third kappa shape index (κ3) is 6.80. The summed E-state index contributed by atoms with van der Waals surface area (Å²) in [4.78, 5) is 36.2. The van der Waals surface area contributed by atoms with Crippen LogP contribution in [0.4, 0.5) is 0 Å². The van der Waals surface area contributed by atoms with Crippen LogP contribution in [0.3, 0.4) is 0 Å². The van der Waals surface area contributed by atoms with Crippen molar-refractivity contribution < 1.29 is 23.9 Å². The van der Waals surface area contributed by atoms with Crippen molar-refractivity contribution in [1.29, 1.82) is 0 Å². The summed E-state index contributed by atoms with van der Waals surface area (Å²) >= 11 is 0. The van der Waals surface area contributed by atoms with Gasteiger partial charge in [0.05, 0.1) is 24.7 Å². The average Bonchev–Trinajstić information content (AvgIpc) is 3.14. The molecule has 0 radical (unpaired) electrons. The maximum absolute atomic E-state index is 12.4. The van der Waals surface area contributed by atoms with Gasteiger partial charge in [0.2, 0.25) is 0 Å². The highest BCUT2D eigenvalue weighted by Gasteiger charge is 2.29. The predicted molar refractivity (Wildman–Crippen MR) is 131 cm³/mol. The van der Waals surface area contributed by atoms with E-state index in [1.54, 1.807) is 25.3 Å². The van der Waals surface area contributed by atoms with E-state index in [-0.39, 0.29) is 18.6 Å². The van der Waals surface area contributed by atoms with E-state index in [4.69, 9.17) is 9.47 Å². The molecular weight excluding hydrogens is 430 g/mol. The number of carbonyl (C=O) groups is 3. The Balaban J connectivity index is 1.47. The van der Waals surface area contributed by atoms with Gasteiger partial charge in [-0.25, -0.2) is 0 Å². The van der Waals surface area contributed by atoms with E-state index < -0.39 is 17.8 Å². The topological polar surface area (TPSA) is 81.7 Å². The van der Waals surface area contributed by atoms with Crippen molar-refractivity contribution in [2.24, 2.45) is 0 Å². The SMILES string of the molecule is C=CCCCCCCCCc1ccc(COC(=O)Cc2cccc3c2C(=O)NC3=O)cc1OC. The van der Waals surface area contributed by atoms with Crippen LogP contribution < -0.4 is 10.1 Å². The quantitative estimate of drug-likeness (QED) is 0.177. The Labute approximate surface area is 201 Å². The van der Waals surface area contributed by atoms with E-state index in [2.05, 4.69) is 11.9 Å². The number of hydrogen-bond acceptors (Lipinski definition) is 5. The zero-order valence-corrected chi connectivity index (χ0v) is 19.9. The van der Waals surface area contributed by atoms with Crippen LogP contribution in [0, 0.1) is 0 Å². The number of methoxy groups -OCH3 is 1. The van der Waals surface area contributed by atoms with Gasteiger partial charge in [-0.3, -0.25) is 19.7 Å². The van der Waals surface area contributed by atoms with Gasteiger partial charge < -0.3 is 9.47 Å². The Morgan fingerprint density at radius 2 is 1.74 bits per heavy atom. The van der Waals surface area contributed by atoms with Gasteiger partial charge in [-0.2, -0.15) is 0 Å². The number of hydrogen-bond donors (Lipinski definition) is 1. The fraction of sp³-hybridized carbons (Fsp3) is 0.393. The van der Waals surface area contributed by atoms with E-state index in [0.29, 0.717) is 11.1 Å². The molecule has 3 rings (SSSR count). The number of aryl methyl sites for hydroxylation is 1. The highest BCUT2D eigenvalue weighted by molar-refractivity contribution is 6.22. The van der Waals surface area contributed by atoms with E-state index >= 15 is 0 Å². The fourth-order valence-corrected chi connectivity index (χ4v) is 4.20. The maximum Gasteiger partial charge on any atom is 0.310 e. The molecule has 1 aliphatic heterocycles. The number of imide groups is 1. The normalized spacial score (nSPS) is 12.3. The minimum atomic E-state index is -0.476. The second-order valence-electron chi connectivity index (χ2n) is 8.56. The van der Waals surface area contributed by atoms with Gasteiger partial charge in [0.1, 0.15) is 12.4 Å². The van der Waals surface area contributed by atoms with Crippen LogP contribution in [0.1, 0.15) is 82.4 Å². The number of rotatable bonds is 14. The minimum absolute atomic E-state index is 0.0767. The summed E-state index contributed by atoms with van der Waals surface area (Å²) in [5, 5.41) is 2.26. The lowest BCUT2D eigenvalue weighted by molar-refractivity contribution is -0.144. The molecule has 0 unspecified atom stereocenters. The molecule has 6 heteroatoms. The number of carbonyl (C=O) groups excluding carboxylic acids is 3. The second-order valence-corrected chi connectivity index (χ2v) is 8.56. The first-order valence-electron chi connectivity index (χ1n) is 11.9. The number of nitrogens with one attached hydrogen (secondary N) is 1. The molecule has 34 heavy (non-hydrogen) atoms. The Bertz CT molecular complexity index is 1040. The van der Waals surface area contributed by atoms with Crippen molar-refractivity contribution in [2.75, 3.05) is 7.11 Å².